The van der Waals surface area contributed by atoms with Crippen molar-refractivity contribution < 1.29 is 37.4 Å². The van der Waals surface area contributed by atoms with E-state index in [1.165, 1.54) is 0 Å². The average Bonchev–Trinajstić information content (AvgIpc) is 1.36. The van der Waals surface area contributed by atoms with Crippen LogP contribution in [0.1, 0.15) is 6.92 Å². The summed E-state index contributed by atoms with van der Waals surface area (Å²) in [6.07, 6.45) is -1.59. The second-order valence-electron chi connectivity index (χ2n) is 0.961. The van der Waals surface area contributed by atoms with Gasteiger partial charge in [-0.1, -0.05) is 13.0 Å². The van der Waals surface area contributed by atoms with Crippen LogP contribution in [0.5, 0.6) is 0 Å². The van der Waals surface area contributed by atoms with E-state index in [9.17, 15) is 15.0 Å². The van der Waals surface area contributed by atoms with E-state index in [4.69, 9.17) is 0 Å². The van der Waals surface area contributed by atoms with Gasteiger partial charge in [0.25, 0.3) is 0 Å². The molecular formula is C3H4AgO3-2. The number of hydrogen-bond donors (Lipinski definition) is 0. The van der Waals surface area contributed by atoms with Crippen LogP contribution in [0.25, 0.3) is 0 Å². The van der Waals surface area contributed by atoms with Crippen LogP contribution >= 0.6 is 0 Å². The van der Waals surface area contributed by atoms with Gasteiger partial charge in [-0.15, -0.1) is 0 Å². The molecule has 0 aliphatic carbocycles. The topological polar surface area (TPSA) is 63.2 Å². The van der Waals surface area contributed by atoms with Crippen LogP contribution in [0.3, 0.4) is 0 Å². The molecule has 0 aliphatic rings. The summed E-state index contributed by atoms with van der Waals surface area (Å²) >= 11 is 0. The summed E-state index contributed by atoms with van der Waals surface area (Å²) in [6.45, 7) is 1.02. The van der Waals surface area contributed by atoms with E-state index in [0.29, 0.717) is 0 Å². The van der Waals surface area contributed by atoms with E-state index in [2.05, 4.69) is 0 Å². The second kappa shape index (κ2) is 4.33. The zero-order valence-electron chi connectivity index (χ0n) is 3.60. The molecule has 1 atom stereocenters. The first-order valence-corrected chi connectivity index (χ1v) is 1.51. The van der Waals surface area contributed by atoms with Crippen LogP contribution in [0.2, 0.25) is 0 Å². The molecule has 0 heterocycles. The van der Waals surface area contributed by atoms with E-state index in [-0.39, 0.29) is 22.4 Å². The van der Waals surface area contributed by atoms with Gasteiger partial charge >= 0.3 is 0 Å². The summed E-state index contributed by atoms with van der Waals surface area (Å²) in [7, 11) is 0. The van der Waals surface area contributed by atoms with Gasteiger partial charge in [0.2, 0.25) is 0 Å². The minimum absolute atomic E-state index is 0. The standard InChI is InChI=1S/C3H5O3.Ag/c1-2(4)3(5)6;/h2H,1H3,(H,5,6);/q-1;/p-1. The fourth-order valence-electron chi connectivity index (χ4n) is 0. The van der Waals surface area contributed by atoms with Crippen LogP contribution in [0, 0.1) is 0 Å². The molecule has 0 saturated carbocycles. The quantitative estimate of drug-likeness (QED) is 0.435. The van der Waals surface area contributed by atoms with Crippen molar-refractivity contribution in [3.05, 3.63) is 0 Å². The summed E-state index contributed by atoms with van der Waals surface area (Å²) in [5.74, 6) is -1.55. The summed E-state index contributed by atoms with van der Waals surface area (Å²) in [4.78, 5) is 9.28. The Morgan fingerprint density at radius 1 is 1.71 bits per heavy atom. The predicted octanol–water partition coefficient (Wildman–Crippen LogP) is -2.52. The van der Waals surface area contributed by atoms with E-state index in [0.717, 1.165) is 6.92 Å². The SMILES string of the molecule is CC([O-])C(=O)[O-].[Ag]. The maximum Gasteiger partial charge on any atom is 0.0276 e. The van der Waals surface area contributed by atoms with E-state index < -0.39 is 12.1 Å². The Labute approximate surface area is 56.9 Å². The molecule has 0 saturated heterocycles. The number of hydrogen-bond acceptors (Lipinski definition) is 3. The molecule has 0 aliphatic heterocycles. The predicted molar refractivity (Wildman–Crippen MR) is 14.5 cm³/mol. The van der Waals surface area contributed by atoms with Crippen LogP contribution in [0.15, 0.2) is 0 Å². The minimum atomic E-state index is -1.59. The zero-order valence-corrected chi connectivity index (χ0v) is 5.09. The monoisotopic (exact) mass is 195 g/mol. The smallest absolute Gasteiger partial charge is 0.0276 e. The van der Waals surface area contributed by atoms with Crippen molar-refractivity contribution in [3.63, 3.8) is 0 Å². The fraction of sp³-hybridized carbons (Fsp3) is 0.667. The molecule has 7 heavy (non-hydrogen) atoms. The van der Waals surface area contributed by atoms with Crippen molar-refractivity contribution in [1.29, 1.82) is 0 Å². The molecule has 0 N–H and O–H groups in total. The third-order valence-electron chi connectivity index (χ3n) is 0.332. The summed E-state index contributed by atoms with van der Waals surface area (Å²) < 4.78 is 0. The molecule has 3 nitrogen and oxygen atoms in total. The first-order valence-electron chi connectivity index (χ1n) is 1.51. The molecule has 1 radical (unpaired) electrons. The van der Waals surface area contributed by atoms with Crippen molar-refractivity contribution in [2.75, 3.05) is 0 Å². The minimum Gasteiger partial charge on any atom is -0.848 e. The largest absolute Gasteiger partial charge is 0.848 e. The van der Waals surface area contributed by atoms with Crippen LogP contribution in [-0.2, 0) is 27.2 Å². The number of carboxylic acids is 1. The van der Waals surface area contributed by atoms with Gasteiger partial charge in [-0.2, -0.15) is 0 Å². The Balaban J connectivity index is 0. The van der Waals surface area contributed by atoms with Crippen molar-refractivity contribution in [2.45, 2.75) is 13.0 Å². The van der Waals surface area contributed by atoms with Gasteiger partial charge < -0.3 is 15.0 Å². The number of carbonyl (C=O) groups is 1. The third-order valence-corrected chi connectivity index (χ3v) is 0.332. The van der Waals surface area contributed by atoms with Gasteiger partial charge in [0, 0.05) is 28.3 Å². The second-order valence-corrected chi connectivity index (χ2v) is 0.961. The van der Waals surface area contributed by atoms with E-state index in [1.807, 2.05) is 0 Å². The first-order chi connectivity index (χ1) is 2.64. The third kappa shape index (κ3) is 6.17. The normalized spacial score (nSPS) is 11.7. The fourth-order valence-corrected chi connectivity index (χ4v) is 0. The molecule has 4 heteroatoms. The van der Waals surface area contributed by atoms with Gasteiger partial charge in [-0.05, 0) is 0 Å². The Morgan fingerprint density at radius 3 is 1.86 bits per heavy atom. The Bertz CT molecular complexity index is 61.2. The number of carbonyl (C=O) groups excluding carboxylic acids is 1. The average molecular weight is 196 g/mol. The van der Waals surface area contributed by atoms with Gasteiger partial charge in [-0.3, -0.25) is 0 Å². The molecule has 0 amide bonds. The maximum absolute atomic E-state index is 9.56. The zero-order chi connectivity index (χ0) is 5.15. The summed E-state index contributed by atoms with van der Waals surface area (Å²) in [6, 6.07) is 0. The van der Waals surface area contributed by atoms with Crippen LogP contribution < -0.4 is 10.2 Å². The van der Waals surface area contributed by atoms with Crippen molar-refractivity contribution in [1.82, 2.24) is 0 Å². The van der Waals surface area contributed by atoms with E-state index in [1.54, 1.807) is 0 Å². The molecule has 1 unspecified atom stereocenters. The molecule has 0 bridgehead atoms. The Kier molecular flexibility index (Phi) is 6.32. The molecule has 47 valence electrons. The molecule has 0 aromatic rings. The number of rotatable bonds is 1. The van der Waals surface area contributed by atoms with Crippen molar-refractivity contribution in [2.24, 2.45) is 0 Å². The maximum atomic E-state index is 9.56. The number of carboxylic acid groups (broad SMARTS) is 1. The number of aliphatic carboxylic acids is 1. The van der Waals surface area contributed by atoms with Crippen LogP contribution in [-0.4, -0.2) is 12.1 Å². The van der Waals surface area contributed by atoms with Gasteiger partial charge in [0.15, 0.2) is 0 Å². The molecule has 0 fully saturated rings. The van der Waals surface area contributed by atoms with Gasteiger partial charge in [0.05, 0.1) is 0 Å². The molecule has 0 rings (SSSR count). The molecule has 0 aromatic heterocycles. The van der Waals surface area contributed by atoms with Crippen molar-refractivity contribution in [3.8, 4) is 0 Å². The van der Waals surface area contributed by atoms with Gasteiger partial charge in [-0.25, -0.2) is 0 Å². The van der Waals surface area contributed by atoms with E-state index >= 15 is 0 Å². The summed E-state index contributed by atoms with van der Waals surface area (Å²) in [5.41, 5.74) is 0. The van der Waals surface area contributed by atoms with Crippen LogP contribution in [0.4, 0.5) is 0 Å². The molecule has 0 spiro atoms. The summed E-state index contributed by atoms with van der Waals surface area (Å²) in [5, 5.41) is 18.8. The Morgan fingerprint density at radius 2 is 1.86 bits per heavy atom. The van der Waals surface area contributed by atoms with Crippen molar-refractivity contribution >= 4 is 5.97 Å². The Hall–Kier alpha value is 0.170. The molecule has 0 aromatic carbocycles. The molecular weight excluding hydrogens is 192 g/mol. The first kappa shape index (κ1) is 10.2. The van der Waals surface area contributed by atoms with Gasteiger partial charge in [0.1, 0.15) is 0 Å².